The van der Waals surface area contributed by atoms with Crippen LogP contribution in [-0.2, 0) is 0 Å². The van der Waals surface area contributed by atoms with Crippen molar-refractivity contribution in [1.82, 2.24) is 4.98 Å². The molecular weight excluding hydrogens is 278 g/mol. The van der Waals surface area contributed by atoms with E-state index in [9.17, 15) is 4.79 Å². The largest absolute Gasteiger partial charge is 0.495 e. The average molecular weight is 299 g/mol. The number of methoxy groups -OCH3 is 1. The Labute approximate surface area is 130 Å². The highest BCUT2D eigenvalue weighted by molar-refractivity contribution is 6.05. The van der Waals surface area contributed by atoms with E-state index in [2.05, 4.69) is 22.5 Å². The average Bonchev–Trinajstić information content (AvgIpc) is 2.56. The highest BCUT2D eigenvalue weighted by atomic mass is 16.5. The van der Waals surface area contributed by atoms with E-state index in [1.54, 1.807) is 37.7 Å². The van der Waals surface area contributed by atoms with Crippen molar-refractivity contribution in [3.05, 3.63) is 48.3 Å². The maximum Gasteiger partial charge on any atom is 0.257 e. The number of rotatable bonds is 7. The number of carbonyl (C=O) groups excluding carboxylic acids is 1. The van der Waals surface area contributed by atoms with Crippen LogP contribution in [0.15, 0.2) is 42.7 Å². The van der Waals surface area contributed by atoms with Gasteiger partial charge >= 0.3 is 0 Å². The molecule has 0 fully saturated rings. The van der Waals surface area contributed by atoms with Gasteiger partial charge in [0.1, 0.15) is 5.75 Å². The summed E-state index contributed by atoms with van der Waals surface area (Å²) in [4.78, 5) is 16.4. The number of hydrogen-bond acceptors (Lipinski definition) is 4. The lowest BCUT2D eigenvalue weighted by atomic mass is 10.2. The van der Waals surface area contributed by atoms with Gasteiger partial charge in [-0.15, -0.1) is 0 Å². The highest BCUT2D eigenvalue weighted by Crippen LogP contribution is 2.23. The van der Waals surface area contributed by atoms with E-state index < -0.39 is 0 Å². The quantitative estimate of drug-likeness (QED) is 0.767. The molecule has 0 bridgehead atoms. The highest BCUT2D eigenvalue weighted by Gasteiger charge is 2.10. The second kappa shape index (κ2) is 8.02. The summed E-state index contributed by atoms with van der Waals surface area (Å²) in [6, 6.07) is 9.10. The molecule has 2 aromatic rings. The maximum atomic E-state index is 12.3. The molecule has 0 atom stereocenters. The zero-order valence-electron chi connectivity index (χ0n) is 12.9. The fourth-order valence-electron chi connectivity index (χ4n) is 2.01. The Morgan fingerprint density at radius 1 is 1.27 bits per heavy atom. The molecule has 0 aliphatic carbocycles. The van der Waals surface area contributed by atoms with E-state index in [4.69, 9.17) is 4.74 Å². The molecule has 1 aromatic carbocycles. The van der Waals surface area contributed by atoms with Crippen molar-refractivity contribution in [2.24, 2.45) is 0 Å². The van der Waals surface area contributed by atoms with Gasteiger partial charge in [0.15, 0.2) is 0 Å². The molecule has 0 aliphatic rings. The summed E-state index contributed by atoms with van der Waals surface area (Å²) in [5.74, 6) is 0.414. The molecule has 5 nitrogen and oxygen atoms in total. The van der Waals surface area contributed by atoms with Crippen molar-refractivity contribution in [2.45, 2.75) is 19.8 Å². The minimum absolute atomic E-state index is 0.212. The number of aromatic nitrogens is 1. The molecule has 1 amide bonds. The Kier molecular flexibility index (Phi) is 5.77. The fourth-order valence-corrected chi connectivity index (χ4v) is 2.01. The van der Waals surface area contributed by atoms with E-state index in [1.807, 2.05) is 12.1 Å². The zero-order chi connectivity index (χ0) is 15.8. The number of carbonyl (C=O) groups is 1. The number of anilines is 2. The van der Waals surface area contributed by atoms with Gasteiger partial charge in [0.25, 0.3) is 5.91 Å². The van der Waals surface area contributed by atoms with Crippen molar-refractivity contribution in [3.8, 4) is 5.75 Å². The van der Waals surface area contributed by atoms with Crippen molar-refractivity contribution in [1.29, 1.82) is 0 Å². The number of unbranched alkanes of at least 4 members (excludes halogenated alkanes) is 1. The van der Waals surface area contributed by atoms with Gasteiger partial charge in [-0.2, -0.15) is 0 Å². The number of ether oxygens (including phenoxy) is 1. The topological polar surface area (TPSA) is 63.2 Å². The van der Waals surface area contributed by atoms with Crippen LogP contribution in [0.25, 0.3) is 0 Å². The number of para-hydroxylation sites is 2. The summed E-state index contributed by atoms with van der Waals surface area (Å²) < 4.78 is 5.23. The molecule has 1 aromatic heterocycles. The Hall–Kier alpha value is -2.56. The van der Waals surface area contributed by atoms with Gasteiger partial charge in [0.2, 0.25) is 0 Å². The van der Waals surface area contributed by atoms with Gasteiger partial charge < -0.3 is 15.4 Å². The van der Waals surface area contributed by atoms with Crippen molar-refractivity contribution in [2.75, 3.05) is 24.3 Å². The molecule has 5 heteroatoms. The van der Waals surface area contributed by atoms with Crippen LogP contribution in [0, 0.1) is 0 Å². The zero-order valence-corrected chi connectivity index (χ0v) is 12.9. The predicted molar refractivity (Wildman–Crippen MR) is 88.6 cm³/mol. The molecule has 0 radical (unpaired) electrons. The normalized spacial score (nSPS) is 10.1. The van der Waals surface area contributed by atoms with Crippen LogP contribution in [0.5, 0.6) is 5.75 Å². The van der Waals surface area contributed by atoms with E-state index >= 15 is 0 Å². The monoisotopic (exact) mass is 299 g/mol. The van der Waals surface area contributed by atoms with Crippen molar-refractivity contribution < 1.29 is 9.53 Å². The SMILES string of the molecule is CCCCNc1cncc(C(=O)Nc2ccccc2OC)c1. The van der Waals surface area contributed by atoms with Crippen molar-refractivity contribution in [3.63, 3.8) is 0 Å². The molecule has 2 rings (SSSR count). The van der Waals surface area contributed by atoms with Crippen LogP contribution >= 0.6 is 0 Å². The minimum Gasteiger partial charge on any atom is -0.495 e. The van der Waals surface area contributed by atoms with Gasteiger partial charge in [-0.05, 0) is 24.6 Å². The van der Waals surface area contributed by atoms with E-state index in [0.29, 0.717) is 17.0 Å². The Morgan fingerprint density at radius 3 is 2.86 bits per heavy atom. The van der Waals surface area contributed by atoms with E-state index in [-0.39, 0.29) is 5.91 Å². The van der Waals surface area contributed by atoms with E-state index in [1.165, 1.54) is 0 Å². The summed E-state index contributed by atoms with van der Waals surface area (Å²) in [6.45, 7) is 3.01. The summed E-state index contributed by atoms with van der Waals surface area (Å²) in [5.41, 5.74) is 1.99. The van der Waals surface area contributed by atoms with Crippen LogP contribution in [0.2, 0.25) is 0 Å². The third-order valence-corrected chi connectivity index (χ3v) is 3.22. The third-order valence-electron chi connectivity index (χ3n) is 3.22. The molecule has 116 valence electrons. The molecule has 2 N–H and O–H groups in total. The van der Waals surface area contributed by atoms with E-state index in [0.717, 1.165) is 25.1 Å². The first-order valence-corrected chi connectivity index (χ1v) is 7.38. The predicted octanol–water partition coefficient (Wildman–Crippen LogP) is 3.55. The Morgan fingerprint density at radius 2 is 2.09 bits per heavy atom. The van der Waals surface area contributed by atoms with Crippen LogP contribution in [0.1, 0.15) is 30.1 Å². The number of benzene rings is 1. The standard InChI is InChI=1S/C17H21N3O2/c1-3-4-9-19-14-10-13(11-18-12-14)17(21)20-15-7-5-6-8-16(15)22-2/h5-8,10-12,19H,3-4,9H2,1-2H3,(H,20,21). The van der Waals surface area contributed by atoms with Gasteiger partial charge in [0.05, 0.1) is 24.0 Å². The smallest absolute Gasteiger partial charge is 0.257 e. The molecule has 0 spiro atoms. The first-order valence-electron chi connectivity index (χ1n) is 7.38. The van der Waals surface area contributed by atoms with Crippen LogP contribution in [0.3, 0.4) is 0 Å². The van der Waals surface area contributed by atoms with Crippen LogP contribution in [-0.4, -0.2) is 24.5 Å². The maximum absolute atomic E-state index is 12.3. The third kappa shape index (κ3) is 4.22. The minimum atomic E-state index is -0.212. The number of hydrogen-bond donors (Lipinski definition) is 2. The van der Waals surface area contributed by atoms with Crippen molar-refractivity contribution >= 4 is 17.3 Å². The van der Waals surface area contributed by atoms with Gasteiger partial charge in [-0.3, -0.25) is 9.78 Å². The number of nitrogens with zero attached hydrogens (tertiary/aromatic N) is 1. The second-order valence-corrected chi connectivity index (χ2v) is 4.90. The molecule has 0 saturated carbocycles. The summed E-state index contributed by atoms with van der Waals surface area (Å²) in [5, 5.41) is 6.10. The molecule has 0 saturated heterocycles. The summed E-state index contributed by atoms with van der Waals surface area (Å²) in [7, 11) is 1.57. The van der Waals surface area contributed by atoms with Crippen LogP contribution in [0.4, 0.5) is 11.4 Å². The van der Waals surface area contributed by atoms with Gasteiger partial charge in [-0.25, -0.2) is 0 Å². The lowest BCUT2D eigenvalue weighted by molar-refractivity contribution is 0.102. The fraction of sp³-hybridized carbons (Fsp3) is 0.294. The molecule has 1 heterocycles. The molecular formula is C17H21N3O2. The first kappa shape index (κ1) is 15.8. The number of amides is 1. The molecule has 22 heavy (non-hydrogen) atoms. The first-order chi connectivity index (χ1) is 10.7. The Balaban J connectivity index is 2.07. The number of nitrogens with one attached hydrogen (secondary N) is 2. The van der Waals surface area contributed by atoms with Gasteiger partial charge in [-0.1, -0.05) is 25.5 Å². The summed E-state index contributed by atoms with van der Waals surface area (Å²) in [6.07, 6.45) is 5.47. The number of pyridine rings is 1. The second-order valence-electron chi connectivity index (χ2n) is 4.90. The summed E-state index contributed by atoms with van der Waals surface area (Å²) >= 11 is 0. The van der Waals surface area contributed by atoms with Gasteiger partial charge in [0, 0.05) is 18.9 Å². The lowest BCUT2D eigenvalue weighted by Crippen LogP contribution is -2.13. The Bertz CT molecular complexity index is 629. The van der Waals surface area contributed by atoms with Crippen LogP contribution < -0.4 is 15.4 Å². The molecule has 0 unspecified atom stereocenters. The molecule has 0 aliphatic heterocycles. The lowest BCUT2D eigenvalue weighted by Gasteiger charge is -2.10.